The molecule has 0 aliphatic heterocycles. The summed E-state index contributed by atoms with van der Waals surface area (Å²) in [5.74, 6) is -0.0252. The third-order valence-electron chi connectivity index (χ3n) is 1.49. The zero-order chi connectivity index (χ0) is 8.43. The van der Waals surface area contributed by atoms with E-state index in [2.05, 4.69) is 0 Å². The van der Waals surface area contributed by atoms with Gasteiger partial charge in [-0.25, -0.2) is 0 Å². The molecular weight excluding hydrogens is 142 g/mol. The number of Topliss-reactive ketones (excluding diaryl/α,β-unsaturated/α-hetero) is 1. The van der Waals surface area contributed by atoms with Crippen molar-refractivity contribution in [3.8, 4) is 6.07 Å². The van der Waals surface area contributed by atoms with Crippen LogP contribution in [0.1, 0.15) is 21.7 Å². The maximum absolute atomic E-state index is 10.9. The van der Waals surface area contributed by atoms with Crippen molar-refractivity contribution < 1.29 is 9.21 Å². The first-order valence-electron chi connectivity index (χ1n) is 3.16. The van der Waals surface area contributed by atoms with Gasteiger partial charge in [0.05, 0.1) is 11.8 Å². The molecule has 1 aromatic rings. The van der Waals surface area contributed by atoms with Crippen molar-refractivity contribution in [3.05, 3.63) is 23.2 Å². The second-order valence-electron chi connectivity index (χ2n) is 2.29. The summed E-state index contributed by atoms with van der Waals surface area (Å²) < 4.78 is 4.95. The van der Waals surface area contributed by atoms with E-state index >= 15 is 0 Å². The van der Waals surface area contributed by atoms with E-state index in [4.69, 9.17) is 9.68 Å². The van der Waals surface area contributed by atoms with Gasteiger partial charge in [0.25, 0.3) is 5.78 Å². The molecule has 0 spiro atoms. The van der Waals surface area contributed by atoms with Crippen molar-refractivity contribution in [1.29, 1.82) is 5.26 Å². The van der Waals surface area contributed by atoms with E-state index in [1.54, 1.807) is 19.9 Å². The van der Waals surface area contributed by atoms with Crippen LogP contribution in [0.15, 0.2) is 10.7 Å². The Balaban J connectivity index is 3.23. The Labute approximate surface area is 64.2 Å². The van der Waals surface area contributed by atoms with E-state index in [0.717, 1.165) is 0 Å². The second kappa shape index (κ2) is 2.59. The second-order valence-corrected chi connectivity index (χ2v) is 2.29. The van der Waals surface area contributed by atoms with Crippen molar-refractivity contribution in [2.75, 3.05) is 0 Å². The molecule has 0 unspecified atom stereocenters. The number of furan rings is 1. The fourth-order valence-corrected chi connectivity index (χ4v) is 0.967. The number of nitriles is 1. The summed E-state index contributed by atoms with van der Waals surface area (Å²) in [5.41, 5.74) is 1.11. The van der Waals surface area contributed by atoms with Gasteiger partial charge in [0.15, 0.2) is 0 Å². The minimum atomic E-state index is -0.534. The van der Waals surface area contributed by atoms with Gasteiger partial charge in [-0.1, -0.05) is 0 Å². The van der Waals surface area contributed by atoms with Crippen LogP contribution in [0.25, 0.3) is 0 Å². The van der Waals surface area contributed by atoms with Crippen LogP contribution < -0.4 is 0 Å². The van der Waals surface area contributed by atoms with E-state index in [-0.39, 0.29) is 0 Å². The predicted octanol–water partition coefficient (Wildman–Crippen LogP) is 1.60. The molecule has 0 saturated heterocycles. The van der Waals surface area contributed by atoms with Gasteiger partial charge in [-0.05, 0) is 19.4 Å². The normalized spacial score (nSPS) is 9.18. The van der Waals surface area contributed by atoms with Gasteiger partial charge in [-0.3, -0.25) is 4.79 Å². The monoisotopic (exact) mass is 149 g/mol. The highest BCUT2D eigenvalue weighted by molar-refractivity contribution is 6.09. The lowest BCUT2D eigenvalue weighted by molar-refractivity contribution is 0.105. The zero-order valence-electron chi connectivity index (χ0n) is 6.34. The molecular formula is C8H7NO2. The van der Waals surface area contributed by atoms with Crippen LogP contribution in [0.4, 0.5) is 0 Å². The fraction of sp³-hybridized carbons (Fsp3) is 0.250. The number of aryl methyl sites for hydroxylation is 2. The minimum Gasteiger partial charge on any atom is -0.469 e. The van der Waals surface area contributed by atoms with E-state index in [1.807, 2.05) is 0 Å². The molecule has 0 saturated carbocycles. The van der Waals surface area contributed by atoms with E-state index in [1.165, 1.54) is 6.26 Å². The smallest absolute Gasteiger partial charge is 0.265 e. The highest BCUT2D eigenvalue weighted by Gasteiger charge is 2.13. The van der Waals surface area contributed by atoms with Gasteiger partial charge < -0.3 is 4.42 Å². The number of hydrogen-bond donors (Lipinski definition) is 0. The molecule has 11 heavy (non-hydrogen) atoms. The predicted molar refractivity (Wildman–Crippen MR) is 38.1 cm³/mol. The van der Waals surface area contributed by atoms with E-state index < -0.39 is 5.78 Å². The van der Waals surface area contributed by atoms with Gasteiger partial charge in [0.2, 0.25) is 0 Å². The Morgan fingerprint density at radius 2 is 2.27 bits per heavy atom. The summed E-state index contributed by atoms with van der Waals surface area (Å²) >= 11 is 0. The summed E-state index contributed by atoms with van der Waals surface area (Å²) in [7, 11) is 0. The van der Waals surface area contributed by atoms with E-state index in [0.29, 0.717) is 16.9 Å². The standard InChI is InChI=1S/C8H7NO2/c1-5-4-11-6(2)8(5)7(10)3-9/h4H,1-2H3. The molecule has 56 valence electrons. The van der Waals surface area contributed by atoms with Crippen LogP contribution in [-0.4, -0.2) is 5.78 Å². The molecule has 0 radical (unpaired) electrons. The molecule has 0 aliphatic carbocycles. The largest absolute Gasteiger partial charge is 0.469 e. The zero-order valence-corrected chi connectivity index (χ0v) is 6.34. The minimum absolute atomic E-state index is 0.396. The molecule has 3 nitrogen and oxygen atoms in total. The Bertz CT molecular complexity index is 311. The van der Waals surface area contributed by atoms with Crippen molar-refractivity contribution in [2.24, 2.45) is 0 Å². The first-order chi connectivity index (χ1) is 5.16. The van der Waals surface area contributed by atoms with Crippen molar-refractivity contribution in [2.45, 2.75) is 13.8 Å². The number of hydrogen-bond acceptors (Lipinski definition) is 3. The summed E-state index contributed by atoms with van der Waals surface area (Å²) in [4.78, 5) is 10.9. The van der Waals surface area contributed by atoms with Crippen LogP contribution in [0.3, 0.4) is 0 Å². The summed E-state index contributed by atoms with van der Waals surface area (Å²) in [6.07, 6.45) is 1.47. The Kier molecular flexibility index (Phi) is 1.77. The SMILES string of the molecule is Cc1coc(C)c1C(=O)C#N. The Morgan fingerprint density at radius 3 is 2.64 bits per heavy atom. The number of carbonyl (C=O) groups is 1. The highest BCUT2D eigenvalue weighted by Crippen LogP contribution is 2.15. The average molecular weight is 149 g/mol. The molecule has 0 aromatic carbocycles. The molecule has 0 atom stereocenters. The van der Waals surface area contributed by atoms with Crippen LogP contribution >= 0.6 is 0 Å². The lowest BCUT2D eigenvalue weighted by Gasteiger charge is -1.88. The van der Waals surface area contributed by atoms with Crippen LogP contribution in [-0.2, 0) is 0 Å². The van der Waals surface area contributed by atoms with Crippen LogP contribution in [0, 0.1) is 25.2 Å². The highest BCUT2D eigenvalue weighted by atomic mass is 16.3. The fourth-order valence-electron chi connectivity index (χ4n) is 0.967. The van der Waals surface area contributed by atoms with Crippen molar-refractivity contribution in [3.63, 3.8) is 0 Å². The average Bonchev–Trinajstić information content (AvgIpc) is 2.30. The van der Waals surface area contributed by atoms with Crippen molar-refractivity contribution >= 4 is 5.78 Å². The van der Waals surface area contributed by atoms with Crippen LogP contribution in [0.5, 0.6) is 0 Å². The van der Waals surface area contributed by atoms with Crippen molar-refractivity contribution in [1.82, 2.24) is 0 Å². The number of carbonyl (C=O) groups excluding carboxylic acids is 1. The molecule has 1 aromatic heterocycles. The molecule has 3 heteroatoms. The lowest BCUT2D eigenvalue weighted by Crippen LogP contribution is -1.96. The number of ketones is 1. The maximum Gasteiger partial charge on any atom is 0.265 e. The first kappa shape index (κ1) is 7.55. The molecule has 0 amide bonds. The molecule has 0 bridgehead atoms. The topological polar surface area (TPSA) is 54.0 Å². The quantitative estimate of drug-likeness (QED) is 0.450. The molecule has 0 N–H and O–H groups in total. The number of rotatable bonds is 1. The third kappa shape index (κ3) is 1.15. The molecule has 0 fully saturated rings. The maximum atomic E-state index is 10.9. The first-order valence-corrected chi connectivity index (χ1v) is 3.16. The van der Waals surface area contributed by atoms with Gasteiger partial charge in [0, 0.05) is 0 Å². The molecule has 1 heterocycles. The van der Waals surface area contributed by atoms with Gasteiger partial charge in [0.1, 0.15) is 11.8 Å². The Hall–Kier alpha value is -1.56. The molecule has 1 rings (SSSR count). The van der Waals surface area contributed by atoms with Gasteiger partial charge >= 0.3 is 0 Å². The van der Waals surface area contributed by atoms with Crippen LogP contribution in [0.2, 0.25) is 0 Å². The summed E-state index contributed by atoms with van der Waals surface area (Å²) in [6.45, 7) is 3.40. The summed E-state index contributed by atoms with van der Waals surface area (Å²) in [6, 6.07) is 1.55. The lowest BCUT2D eigenvalue weighted by atomic mass is 10.1. The third-order valence-corrected chi connectivity index (χ3v) is 1.49. The Morgan fingerprint density at radius 1 is 1.64 bits per heavy atom. The number of nitrogens with zero attached hydrogens (tertiary/aromatic N) is 1. The van der Waals surface area contributed by atoms with Gasteiger partial charge in [-0.15, -0.1) is 0 Å². The summed E-state index contributed by atoms with van der Waals surface area (Å²) in [5, 5.41) is 8.31. The molecule has 0 aliphatic rings. The van der Waals surface area contributed by atoms with E-state index in [9.17, 15) is 4.79 Å². The van der Waals surface area contributed by atoms with Gasteiger partial charge in [-0.2, -0.15) is 5.26 Å².